The maximum atomic E-state index is 14.9. The van der Waals surface area contributed by atoms with E-state index < -0.39 is 17.8 Å². The maximum Gasteiger partial charge on any atom is 0.270 e. The molecule has 0 N–H and O–H groups in total. The molecule has 178 valence electrons. The van der Waals surface area contributed by atoms with E-state index in [1.54, 1.807) is 13.0 Å². The fourth-order valence-corrected chi connectivity index (χ4v) is 4.31. The van der Waals surface area contributed by atoms with E-state index in [-0.39, 0.29) is 36.5 Å². The van der Waals surface area contributed by atoms with Crippen molar-refractivity contribution in [2.24, 2.45) is 0 Å². The number of ether oxygens (including phenoxy) is 2. The van der Waals surface area contributed by atoms with E-state index in [1.165, 1.54) is 17.2 Å². The van der Waals surface area contributed by atoms with Gasteiger partial charge in [0.25, 0.3) is 6.43 Å². The average molecular weight is 467 g/mol. The number of alkyl halides is 2. The predicted octanol–water partition coefficient (Wildman–Crippen LogP) is 8.11. The summed E-state index contributed by atoms with van der Waals surface area (Å²) in [6.07, 6.45) is 2.37. The van der Waals surface area contributed by atoms with Gasteiger partial charge in [-0.15, -0.1) is 0 Å². The normalized spacial score (nSPS) is 18.5. The molecule has 3 aromatic rings. The number of halogens is 3. The topological polar surface area (TPSA) is 18.5 Å². The summed E-state index contributed by atoms with van der Waals surface area (Å²) < 4.78 is 52.9. The SMILES string of the molecule is CCOc1ccc(C2CCC(/C=C/c3ccc(-c4ccc(C)cc4)cc3)OC2)c(F)c1C(F)F. The van der Waals surface area contributed by atoms with E-state index >= 15 is 0 Å². The summed E-state index contributed by atoms with van der Waals surface area (Å²) in [4.78, 5) is 0. The lowest BCUT2D eigenvalue weighted by Crippen LogP contribution is -2.24. The molecule has 0 spiro atoms. The van der Waals surface area contributed by atoms with Crippen LogP contribution in [0.1, 0.15) is 54.4 Å². The first-order valence-electron chi connectivity index (χ1n) is 11.7. The van der Waals surface area contributed by atoms with Crippen LogP contribution in [0.5, 0.6) is 5.75 Å². The van der Waals surface area contributed by atoms with Gasteiger partial charge in [-0.25, -0.2) is 13.2 Å². The standard InChI is InChI=1S/C29H29F3O2/c1-3-33-26-17-16-25(28(30)27(26)29(31)32)23-13-15-24(34-18-23)14-8-20-6-11-22(12-7-20)21-9-4-19(2)5-10-21/h4-12,14,16-17,23-24,29H,3,13,15,18H2,1-2H3/b14-8+. The third-order valence-corrected chi connectivity index (χ3v) is 6.24. The zero-order valence-corrected chi connectivity index (χ0v) is 19.4. The average Bonchev–Trinajstić information content (AvgIpc) is 2.84. The van der Waals surface area contributed by atoms with Gasteiger partial charge in [-0.05, 0) is 55.0 Å². The van der Waals surface area contributed by atoms with Crippen molar-refractivity contribution >= 4 is 6.08 Å². The maximum absolute atomic E-state index is 14.9. The molecule has 1 aliphatic rings. The summed E-state index contributed by atoms with van der Waals surface area (Å²) >= 11 is 0. The van der Waals surface area contributed by atoms with Crippen molar-refractivity contribution in [3.63, 3.8) is 0 Å². The van der Waals surface area contributed by atoms with Gasteiger partial charge < -0.3 is 9.47 Å². The monoisotopic (exact) mass is 466 g/mol. The van der Waals surface area contributed by atoms with Gasteiger partial charge in [-0.2, -0.15) is 0 Å². The Balaban J connectivity index is 1.38. The Labute approximate surface area is 199 Å². The van der Waals surface area contributed by atoms with Crippen LogP contribution in [0.25, 0.3) is 17.2 Å². The van der Waals surface area contributed by atoms with Crippen LogP contribution < -0.4 is 4.74 Å². The second-order valence-corrected chi connectivity index (χ2v) is 8.61. The highest BCUT2D eigenvalue weighted by Gasteiger charge is 2.29. The van der Waals surface area contributed by atoms with Gasteiger partial charge in [0.05, 0.1) is 24.9 Å². The lowest BCUT2D eigenvalue weighted by Gasteiger charge is -2.28. The van der Waals surface area contributed by atoms with Gasteiger partial charge in [-0.1, -0.05) is 72.3 Å². The van der Waals surface area contributed by atoms with Gasteiger partial charge >= 0.3 is 0 Å². The molecule has 2 unspecified atom stereocenters. The Kier molecular flexibility index (Phi) is 7.73. The molecule has 1 fully saturated rings. The molecule has 0 aromatic heterocycles. The number of hydrogen-bond acceptors (Lipinski definition) is 2. The molecule has 0 bridgehead atoms. The first kappa shape index (κ1) is 24.1. The molecular weight excluding hydrogens is 437 g/mol. The van der Waals surface area contributed by atoms with E-state index in [1.807, 2.05) is 12.2 Å². The highest BCUT2D eigenvalue weighted by Crippen LogP contribution is 2.38. The van der Waals surface area contributed by atoms with Crippen molar-refractivity contribution in [1.82, 2.24) is 0 Å². The Hall–Kier alpha value is -3.05. The van der Waals surface area contributed by atoms with Crippen LogP contribution in [0.3, 0.4) is 0 Å². The molecule has 0 aliphatic carbocycles. The van der Waals surface area contributed by atoms with Gasteiger partial charge in [0.15, 0.2) is 0 Å². The molecule has 4 rings (SSSR count). The molecule has 0 saturated carbocycles. The lowest BCUT2D eigenvalue weighted by molar-refractivity contribution is 0.0321. The minimum absolute atomic E-state index is 0.0895. The molecule has 34 heavy (non-hydrogen) atoms. The fourth-order valence-electron chi connectivity index (χ4n) is 4.31. The first-order chi connectivity index (χ1) is 16.5. The second kappa shape index (κ2) is 10.9. The Morgan fingerprint density at radius 1 is 0.971 bits per heavy atom. The molecule has 0 amide bonds. The molecule has 1 aliphatic heterocycles. The van der Waals surface area contributed by atoms with Crippen molar-refractivity contribution in [2.75, 3.05) is 13.2 Å². The van der Waals surface area contributed by atoms with Crippen LogP contribution in [0.2, 0.25) is 0 Å². The van der Waals surface area contributed by atoms with Crippen molar-refractivity contribution < 1.29 is 22.6 Å². The molecular formula is C29H29F3O2. The van der Waals surface area contributed by atoms with Crippen molar-refractivity contribution in [1.29, 1.82) is 0 Å². The van der Waals surface area contributed by atoms with Gasteiger partial charge in [0.2, 0.25) is 0 Å². The van der Waals surface area contributed by atoms with Crippen LogP contribution >= 0.6 is 0 Å². The molecule has 2 atom stereocenters. The third-order valence-electron chi connectivity index (χ3n) is 6.24. The Morgan fingerprint density at radius 3 is 2.24 bits per heavy atom. The highest BCUT2D eigenvalue weighted by atomic mass is 19.3. The quantitative estimate of drug-likeness (QED) is 0.350. The van der Waals surface area contributed by atoms with Gasteiger partial charge in [0.1, 0.15) is 11.6 Å². The van der Waals surface area contributed by atoms with Crippen LogP contribution in [0.4, 0.5) is 13.2 Å². The van der Waals surface area contributed by atoms with Crippen LogP contribution in [-0.4, -0.2) is 19.3 Å². The largest absolute Gasteiger partial charge is 0.493 e. The fraction of sp³-hybridized carbons (Fsp3) is 0.310. The number of benzene rings is 3. The highest BCUT2D eigenvalue weighted by molar-refractivity contribution is 5.66. The summed E-state index contributed by atoms with van der Waals surface area (Å²) in [5.74, 6) is -1.23. The van der Waals surface area contributed by atoms with E-state index in [0.717, 1.165) is 11.1 Å². The van der Waals surface area contributed by atoms with Crippen molar-refractivity contribution in [3.05, 3.63) is 94.8 Å². The van der Waals surface area contributed by atoms with Crippen molar-refractivity contribution in [2.45, 2.75) is 45.1 Å². The van der Waals surface area contributed by atoms with E-state index in [4.69, 9.17) is 9.47 Å². The number of aryl methyl sites for hydroxylation is 1. The predicted molar refractivity (Wildman–Crippen MR) is 130 cm³/mol. The molecule has 5 heteroatoms. The van der Waals surface area contributed by atoms with Crippen LogP contribution in [-0.2, 0) is 4.74 Å². The summed E-state index contributed by atoms with van der Waals surface area (Å²) in [6, 6.07) is 19.7. The van der Waals surface area contributed by atoms with Gasteiger partial charge in [-0.3, -0.25) is 0 Å². The molecule has 1 saturated heterocycles. The molecule has 3 aromatic carbocycles. The lowest BCUT2D eigenvalue weighted by atomic mass is 9.89. The number of hydrogen-bond donors (Lipinski definition) is 0. The van der Waals surface area contributed by atoms with Crippen molar-refractivity contribution in [3.8, 4) is 16.9 Å². The van der Waals surface area contributed by atoms with E-state index in [0.29, 0.717) is 12.8 Å². The summed E-state index contributed by atoms with van der Waals surface area (Å²) in [7, 11) is 0. The zero-order chi connectivity index (χ0) is 24.1. The molecule has 1 heterocycles. The zero-order valence-electron chi connectivity index (χ0n) is 19.4. The van der Waals surface area contributed by atoms with E-state index in [2.05, 4.69) is 55.5 Å². The summed E-state index contributed by atoms with van der Waals surface area (Å²) in [5.41, 5.74) is 4.26. The smallest absolute Gasteiger partial charge is 0.270 e. The minimum Gasteiger partial charge on any atom is -0.493 e. The second-order valence-electron chi connectivity index (χ2n) is 8.61. The molecule has 0 radical (unpaired) electrons. The number of rotatable bonds is 7. The first-order valence-corrected chi connectivity index (χ1v) is 11.7. The van der Waals surface area contributed by atoms with Gasteiger partial charge in [0, 0.05) is 5.92 Å². The third kappa shape index (κ3) is 5.53. The summed E-state index contributed by atoms with van der Waals surface area (Å²) in [6.45, 7) is 4.24. The Morgan fingerprint density at radius 2 is 1.65 bits per heavy atom. The summed E-state index contributed by atoms with van der Waals surface area (Å²) in [5, 5.41) is 0. The van der Waals surface area contributed by atoms with E-state index in [9.17, 15) is 13.2 Å². The van der Waals surface area contributed by atoms with Crippen LogP contribution in [0, 0.1) is 12.7 Å². The van der Waals surface area contributed by atoms with Crippen LogP contribution in [0.15, 0.2) is 66.7 Å². The molecule has 2 nitrogen and oxygen atoms in total. The Bertz CT molecular complexity index is 1110. The minimum atomic E-state index is -2.93.